The number of rotatable bonds is 6. The van der Waals surface area contributed by atoms with E-state index in [4.69, 9.17) is 4.74 Å². The predicted octanol–water partition coefficient (Wildman–Crippen LogP) is 2.25. The highest BCUT2D eigenvalue weighted by Crippen LogP contribution is 2.21. The van der Waals surface area contributed by atoms with Crippen molar-refractivity contribution in [3.05, 3.63) is 29.6 Å². The first-order valence-electron chi connectivity index (χ1n) is 9.73. The van der Waals surface area contributed by atoms with Crippen LogP contribution in [0.25, 0.3) is 0 Å². The van der Waals surface area contributed by atoms with Gasteiger partial charge in [0.25, 0.3) is 0 Å². The molecule has 1 fully saturated rings. The minimum Gasteiger partial charge on any atom is -0.378 e. The molecule has 9 heteroatoms. The molecule has 1 amide bonds. The minimum absolute atomic E-state index is 0. The van der Waals surface area contributed by atoms with Crippen LogP contribution in [0.3, 0.4) is 0 Å². The summed E-state index contributed by atoms with van der Waals surface area (Å²) in [5.41, 5.74) is 1.08. The van der Waals surface area contributed by atoms with Crippen molar-refractivity contribution < 1.29 is 13.9 Å². The van der Waals surface area contributed by atoms with Crippen molar-refractivity contribution in [2.45, 2.75) is 39.8 Å². The molecule has 0 saturated carbocycles. The maximum absolute atomic E-state index is 14.5. The van der Waals surface area contributed by atoms with Gasteiger partial charge in [-0.25, -0.2) is 9.38 Å². The van der Waals surface area contributed by atoms with Crippen molar-refractivity contribution in [1.29, 1.82) is 0 Å². The third kappa shape index (κ3) is 9.16. The summed E-state index contributed by atoms with van der Waals surface area (Å²) in [6, 6.07) is 5.19. The van der Waals surface area contributed by atoms with Crippen LogP contribution in [0.1, 0.15) is 33.3 Å². The monoisotopic (exact) mass is 521 g/mol. The van der Waals surface area contributed by atoms with E-state index in [1.54, 1.807) is 6.07 Å². The van der Waals surface area contributed by atoms with Gasteiger partial charge >= 0.3 is 0 Å². The number of ether oxygens (including phenoxy) is 1. The number of amides is 1. The van der Waals surface area contributed by atoms with E-state index < -0.39 is 0 Å². The van der Waals surface area contributed by atoms with Crippen LogP contribution < -0.4 is 20.9 Å². The topological polar surface area (TPSA) is 78.0 Å². The van der Waals surface area contributed by atoms with E-state index in [0.717, 1.165) is 5.56 Å². The molecule has 1 aromatic carbocycles. The lowest BCUT2D eigenvalue weighted by molar-refractivity contribution is -0.121. The number of morpholine rings is 1. The lowest BCUT2D eigenvalue weighted by Gasteiger charge is -2.29. The molecule has 1 aliphatic heterocycles. The number of aliphatic imine (C=N–C) groups is 1. The van der Waals surface area contributed by atoms with Crippen LogP contribution in [-0.2, 0) is 16.1 Å². The van der Waals surface area contributed by atoms with Gasteiger partial charge in [-0.1, -0.05) is 6.07 Å². The van der Waals surface area contributed by atoms with Gasteiger partial charge in [-0.3, -0.25) is 4.79 Å². The van der Waals surface area contributed by atoms with E-state index >= 15 is 0 Å². The number of nitrogens with one attached hydrogen (secondary N) is 3. The quantitative estimate of drug-likeness (QED) is 0.304. The van der Waals surface area contributed by atoms with Gasteiger partial charge in [0, 0.05) is 25.2 Å². The summed E-state index contributed by atoms with van der Waals surface area (Å²) >= 11 is 0. The molecule has 0 aromatic heterocycles. The maximum atomic E-state index is 14.5. The number of carbonyl (C=O) groups excluding carboxylic acids is 1. The number of anilines is 1. The predicted molar refractivity (Wildman–Crippen MR) is 126 cm³/mol. The van der Waals surface area contributed by atoms with Crippen LogP contribution in [0, 0.1) is 5.82 Å². The van der Waals surface area contributed by atoms with Crippen LogP contribution in [0.2, 0.25) is 0 Å². The minimum atomic E-state index is -0.284. The summed E-state index contributed by atoms with van der Waals surface area (Å²) in [6.45, 7) is 11.5. The second-order valence-electron chi connectivity index (χ2n) is 7.73. The third-order valence-corrected chi connectivity index (χ3v) is 4.06. The molecule has 0 bridgehead atoms. The molecule has 1 aliphatic rings. The van der Waals surface area contributed by atoms with Crippen molar-refractivity contribution >= 4 is 41.5 Å². The Balaban J connectivity index is 0.00000420. The summed E-state index contributed by atoms with van der Waals surface area (Å²) in [5.74, 6) is 0.153. The lowest BCUT2D eigenvalue weighted by Crippen LogP contribution is -2.48. The molecule has 7 nitrogen and oxygen atoms in total. The van der Waals surface area contributed by atoms with Crippen molar-refractivity contribution in [1.82, 2.24) is 16.0 Å². The van der Waals surface area contributed by atoms with Crippen LogP contribution >= 0.6 is 24.0 Å². The van der Waals surface area contributed by atoms with Gasteiger partial charge in [-0.15, -0.1) is 24.0 Å². The summed E-state index contributed by atoms with van der Waals surface area (Å²) < 4.78 is 19.8. The van der Waals surface area contributed by atoms with E-state index in [-0.39, 0.29) is 47.8 Å². The van der Waals surface area contributed by atoms with Crippen molar-refractivity contribution in [3.8, 4) is 0 Å². The Morgan fingerprint density at radius 2 is 1.93 bits per heavy atom. The average molecular weight is 521 g/mol. The molecular formula is C20H33FIN5O2. The van der Waals surface area contributed by atoms with Gasteiger partial charge in [-0.2, -0.15) is 0 Å². The smallest absolute Gasteiger partial charge is 0.239 e. The zero-order valence-electron chi connectivity index (χ0n) is 17.7. The molecule has 1 aromatic rings. The Morgan fingerprint density at radius 3 is 2.52 bits per heavy atom. The number of carbonyl (C=O) groups is 1. The zero-order chi connectivity index (χ0) is 20.6. The molecule has 0 atom stereocenters. The van der Waals surface area contributed by atoms with E-state index in [9.17, 15) is 9.18 Å². The third-order valence-electron chi connectivity index (χ3n) is 4.06. The number of benzene rings is 1. The van der Waals surface area contributed by atoms with Gasteiger partial charge in [0.15, 0.2) is 5.96 Å². The molecule has 3 N–H and O–H groups in total. The highest BCUT2D eigenvalue weighted by molar-refractivity contribution is 14.0. The van der Waals surface area contributed by atoms with Crippen molar-refractivity contribution in [2.24, 2.45) is 4.99 Å². The molecular weight excluding hydrogens is 488 g/mol. The second-order valence-corrected chi connectivity index (χ2v) is 7.73. The SMILES string of the molecule is CCNC(=NCc1ccc(N2CCOCC2)c(F)c1)NCC(=O)NC(C)(C)C.I. The lowest BCUT2D eigenvalue weighted by atomic mass is 10.1. The molecule has 1 heterocycles. The summed E-state index contributed by atoms with van der Waals surface area (Å²) in [6.07, 6.45) is 0. The van der Waals surface area contributed by atoms with Gasteiger partial charge in [0.2, 0.25) is 5.91 Å². The van der Waals surface area contributed by atoms with Crippen LogP contribution in [0.5, 0.6) is 0 Å². The Labute approximate surface area is 189 Å². The fourth-order valence-corrected chi connectivity index (χ4v) is 2.85. The fraction of sp³-hybridized carbons (Fsp3) is 0.600. The van der Waals surface area contributed by atoms with Crippen LogP contribution in [-0.4, -0.2) is 56.8 Å². The second kappa shape index (κ2) is 12.2. The maximum Gasteiger partial charge on any atom is 0.239 e. The first-order valence-corrected chi connectivity index (χ1v) is 9.73. The summed E-state index contributed by atoms with van der Waals surface area (Å²) in [7, 11) is 0. The number of halogens is 2. The highest BCUT2D eigenvalue weighted by Gasteiger charge is 2.16. The van der Waals surface area contributed by atoms with Crippen LogP contribution in [0.4, 0.5) is 10.1 Å². The number of hydrogen-bond donors (Lipinski definition) is 3. The molecule has 0 aliphatic carbocycles. The highest BCUT2D eigenvalue weighted by atomic mass is 127. The first kappa shape index (κ1) is 25.4. The Bertz CT molecular complexity index is 688. The standard InChI is InChI=1S/C20H32FN5O2.HI/c1-5-22-19(24-14-18(27)25-20(2,3)4)23-13-15-6-7-17(16(21)12-15)26-8-10-28-11-9-26;/h6-7,12H,5,8-11,13-14H2,1-4H3,(H,25,27)(H2,22,23,24);1H. The molecule has 0 radical (unpaired) electrons. The molecule has 29 heavy (non-hydrogen) atoms. The summed E-state index contributed by atoms with van der Waals surface area (Å²) in [4.78, 5) is 18.4. The van der Waals surface area contributed by atoms with E-state index in [0.29, 0.717) is 51.0 Å². The molecule has 1 saturated heterocycles. The van der Waals surface area contributed by atoms with E-state index in [2.05, 4.69) is 20.9 Å². The number of nitrogens with zero attached hydrogens (tertiary/aromatic N) is 2. The van der Waals surface area contributed by atoms with Crippen molar-refractivity contribution in [3.63, 3.8) is 0 Å². The first-order chi connectivity index (χ1) is 13.3. The van der Waals surface area contributed by atoms with E-state index in [1.807, 2.05) is 38.7 Å². The van der Waals surface area contributed by atoms with E-state index in [1.165, 1.54) is 6.07 Å². The number of hydrogen-bond acceptors (Lipinski definition) is 4. The van der Waals surface area contributed by atoms with Gasteiger partial charge in [-0.05, 0) is 45.4 Å². The fourth-order valence-electron chi connectivity index (χ4n) is 2.85. The average Bonchev–Trinajstić information content (AvgIpc) is 2.63. The molecule has 164 valence electrons. The Kier molecular flexibility index (Phi) is 10.7. The zero-order valence-corrected chi connectivity index (χ0v) is 20.0. The number of guanidine groups is 1. The Hall–Kier alpha value is -1.62. The normalized spacial score (nSPS) is 14.8. The summed E-state index contributed by atoms with van der Waals surface area (Å²) in [5, 5.41) is 8.98. The Morgan fingerprint density at radius 1 is 1.24 bits per heavy atom. The van der Waals surface area contributed by atoms with Crippen LogP contribution in [0.15, 0.2) is 23.2 Å². The van der Waals surface area contributed by atoms with Gasteiger partial charge in [0.1, 0.15) is 5.82 Å². The molecule has 2 rings (SSSR count). The molecule has 0 spiro atoms. The van der Waals surface area contributed by atoms with Gasteiger partial charge in [0.05, 0.1) is 32.0 Å². The van der Waals surface area contributed by atoms with Crippen molar-refractivity contribution in [2.75, 3.05) is 44.3 Å². The molecule has 0 unspecified atom stereocenters. The van der Waals surface area contributed by atoms with Gasteiger partial charge < -0.3 is 25.6 Å². The largest absolute Gasteiger partial charge is 0.378 e.